The number of aliphatic hydroxyl groups is 1. The summed E-state index contributed by atoms with van der Waals surface area (Å²) in [7, 11) is 0. The SMILES string of the molecule is C=CCn1ncc(NCC(O)C(C)C)c(Cl)c1=O. The van der Waals surface area contributed by atoms with Crippen LogP contribution in [0.25, 0.3) is 0 Å². The number of hydrogen-bond donors (Lipinski definition) is 2. The van der Waals surface area contributed by atoms with Crippen molar-refractivity contribution in [1.29, 1.82) is 0 Å². The minimum absolute atomic E-state index is 0.0720. The van der Waals surface area contributed by atoms with Crippen LogP contribution in [0.5, 0.6) is 0 Å². The highest BCUT2D eigenvalue weighted by Crippen LogP contribution is 2.15. The van der Waals surface area contributed by atoms with Gasteiger partial charge in [-0.15, -0.1) is 6.58 Å². The summed E-state index contributed by atoms with van der Waals surface area (Å²) in [6.45, 7) is 7.99. The van der Waals surface area contributed by atoms with Crippen LogP contribution in [0, 0.1) is 5.92 Å². The lowest BCUT2D eigenvalue weighted by molar-refractivity contribution is 0.138. The van der Waals surface area contributed by atoms with E-state index in [1.807, 2.05) is 13.8 Å². The van der Waals surface area contributed by atoms with E-state index in [1.54, 1.807) is 6.08 Å². The minimum atomic E-state index is -0.503. The third-order valence-electron chi connectivity index (χ3n) is 2.56. The number of nitrogens with one attached hydrogen (secondary N) is 1. The van der Waals surface area contributed by atoms with E-state index in [4.69, 9.17) is 11.6 Å². The van der Waals surface area contributed by atoms with E-state index in [0.717, 1.165) is 0 Å². The van der Waals surface area contributed by atoms with Crippen molar-refractivity contribution in [3.63, 3.8) is 0 Å². The summed E-state index contributed by atoms with van der Waals surface area (Å²) in [5.74, 6) is 0.130. The van der Waals surface area contributed by atoms with E-state index in [0.29, 0.717) is 18.8 Å². The molecule has 0 aliphatic heterocycles. The summed E-state index contributed by atoms with van der Waals surface area (Å²) in [5, 5.41) is 16.6. The zero-order chi connectivity index (χ0) is 13.7. The number of hydrogen-bond acceptors (Lipinski definition) is 4. The van der Waals surface area contributed by atoms with Gasteiger partial charge >= 0.3 is 0 Å². The van der Waals surface area contributed by atoms with Gasteiger partial charge in [0.2, 0.25) is 0 Å². The van der Waals surface area contributed by atoms with Crippen LogP contribution < -0.4 is 10.9 Å². The number of halogens is 1. The van der Waals surface area contributed by atoms with Crippen LogP contribution in [-0.2, 0) is 6.54 Å². The van der Waals surface area contributed by atoms with E-state index in [2.05, 4.69) is 17.0 Å². The molecule has 0 spiro atoms. The zero-order valence-corrected chi connectivity index (χ0v) is 11.3. The van der Waals surface area contributed by atoms with Crippen molar-refractivity contribution in [3.8, 4) is 0 Å². The highest BCUT2D eigenvalue weighted by atomic mass is 35.5. The van der Waals surface area contributed by atoms with Gasteiger partial charge < -0.3 is 10.4 Å². The molecule has 18 heavy (non-hydrogen) atoms. The number of aromatic nitrogens is 2. The first-order valence-electron chi connectivity index (χ1n) is 5.75. The highest BCUT2D eigenvalue weighted by molar-refractivity contribution is 6.32. The fourth-order valence-electron chi connectivity index (χ4n) is 1.29. The molecule has 1 aromatic heterocycles. The van der Waals surface area contributed by atoms with Gasteiger partial charge in [0, 0.05) is 6.54 Å². The smallest absolute Gasteiger partial charge is 0.287 e. The predicted molar refractivity (Wildman–Crippen MR) is 73.0 cm³/mol. The molecule has 0 radical (unpaired) electrons. The quantitative estimate of drug-likeness (QED) is 0.770. The van der Waals surface area contributed by atoms with Crippen LogP contribution >= 0.6 is 11.6 Å². The van der Waals surface area contributed by atoms with Gasteiger partial charge in [-0.1, -0.05) is 31.5 Å². The summed E-state index contributed by atoms with van der Waals surface area (Å²) >= 11 is 5.95. The van der Waals surface area contributed by atoms with Crippen molar-refractivity contribution in [3.05, 3.63) is 34.2 Å². The lowest BCUT2D eigenvalue weighted by Gasteiger charge is -2.16. The maximum Gasteiger partial charge on any atom is 0.287 e. The molecule has 1 heterocycles. The van der Waals surface area contributed by atoms with Gasteiger partial charge in [0.05, 0.1) is 24.5 Å². The number of nitrogens with zero attached hydrogens (tertiary/aromatic N) is 2. The fourth-order valence-corrected chi connectivity index (χ4v) is 1.50. The monoisotopic (exact) mass is 271 g/mol. The lowest BCUT2D eigenvalue weighted by Crippen LogP contribution is -2.27. The van der Waals surface area contributed by atoms with E-state index in [9.17, 15) is 9.90 Å². The topological polar surface area (TPSA) is 67.2 Å². The Morgan fingerprint density at radius 3 is 2.89 bits per heavy atom. The molecule has 1 aromatic rings. The number of anilines is 1. The Morgan fingerprint density at radius 1 is 1.67 bits per heavy atom. The van der Waals surface area contributed by atoms with Crippen molar-refractivity contribution in [2.45, 2.75) is 26.5 Å². The molecule has 1 rings (SSSR count). The molecular formula is C12H18ClN3O2. The Kier molecular flexibility index (Phi) is 5.37. The summed E-state index contributed by atoms with van der Waals surface area (Å²) in [4.78, 5) is 11.8. The molecule has 0 aliphatic carbocycles. The van der Waals surface area contributed by atoms with Gasteiger partial charge in [-0.2, -0.15) is 5.10 Å². The molecule has 0 bridgehead atoms. The van der Waals surface area contributed by atoms with Crippen molar-refractivity contribution in [2.75, 3.05) is 11.9 Å². The van der Waals surface area contributed by atoms with Crippen LogP contribution in [-0.4, -0.2) is 27.5 Å². The standard InChI is InChI=1S/C12H18ClN3O2/c1-4-5-16-12(18)11(13)9(6-15-16)14-7-10(17)8(2)3/h4,6,8,10,14,17H,1,5,7H2,2-3H3. The molecule has 2 N–H and O–H groups in total. The highest BCUT2D eigenvalue weighted by Gasteiger charge is 2.12. The van der Waals surface area contributed by atoms with Gasteiger partial charge in [0.1, 0.15) is 5.02 Å². The largest absolute Gasteiger partial charge is 0.391 e. The van der Waals surface area contributed by atoms with Crippen molar-refractivity contribution < 1.29 is 5.11 Å². The second-order valence-electron chi connectivity index (χ2n) is 4.34. The van der Waals surface area contributed by atoms with E-state index in [-0.39, 0.29) is 16.5 Å². The van der Waals surface area contributed by atoms with Gasteiger partial charge in [0.15, 0.2) is 0 Å². The first-order chi connectivity index (χ1) is 8.47. The molecular weight excluding hydrogens is 254 g/mol. The van der Waals surface area contributed by atoms with E-state index < -0.39 is 6.10 Å². The van der Waals surface area contributed by atoms with Crippen LogP contribution in [0.15, 0.2) is 23.6 Å². The van der Waals surface area contributed by atoms with Crippen LogP contribution in [0.3, 0.4) is 0 Å². The molecule has 0 aromatic carbocycles. The Morgan fingerprint density at radius 2 is 2.33 bits per heavy atom. The predicted octanol–water partition coefficient (Wildman–Crippen LogP) is 1.51. The van der Waals surface area contributed by atoms with Gasteiger partial charge in [0.25, 0.3) is 5.56 Å². The summed E-state index contributed by atoms with van der Waals surface area (Å²) in [5.41, 5.74) is 0.0577. The average Bonchev–Trinajstić information content (AvgIpc) is 2.33. The van der Waals surface area contributed by atoms with Gasteiger partial charge in [-0.3, -0.25) is 4.79 Å². The third kappa shape index (κ3) is 3.58. The van der Waals surface area contributed by atoms with Crippen molar-refractivity contribution in [1.82, 2.24) is 9.78 Å². The maximum atomic E-state index is 11.8. The lowest BCUT2D eigenvalue weighted by atomic mass is 10.1. The van der Waals surface area contributed by atoms with E-state index in [1.165, 1.54) is 10.9 Å². The molecule has 1 atom stereocenters. The number of rotatable bonds is 6. The molecule has 5 nitrogen and oxygen atoms in total. The Labute approximate surface area is 111 Å². The number of aliphatic hydroxyl groups excluding tert-OH is 1. The van der Waals surface area contributed by atoms with Crippen molar-refractivity contribution in [2.24, 2.45) is 5.92 Å². The molecule has 0 fully saturated rings. The first-order valence-corrected chi connectivity index (χ1v) is 6.13. The summed E-state index contributed by atoms with van der Waals surface area (Å²) in [6, 6.07) is 0. The molecule has 6 heteroatoms. The third-order valence-corrected chi connectivity index (χ3v) is 2.92. The Balaban J connectivity index is 2.82. The fraction of sp³-hybridized carbons (Fsp3) is 0.500. The zero-order valence-electron chi connectivity index (χ0n) is 10.6. The van der Waals surface area contributed by atoms with Crippen LogP contribution in [0.2, 0.25) is 5.02 Å². The Bertz CT molecular complexity index is 471. The van der Waals surface area contributed by atoms with Crippen LogP contribution in [0.1, 0.15) is 13.8 Å². The second-order valence-corrected chi connectivity index (χ2v) is 4.72. The molecule has 100 valence electrons. The maximum absolute atomic E-state index is 11.8. The van der Waals surface area contributed by atoms with Crippen LogP contribution in [0.4, 0.5) is 5.69 Å². The van der Waals surface area contributed by atoms with Crippen molar-refractivity contribution >= 4 is 17.3 Å². The number of allylic oxidation sites excluding steroid dienone is 1. The minimum Gasteiger partial charge on any atom is -0.391 e. The summed E-state index contributed by atoms with van der Waals surface area (Å²) < 4.78 is 1.22. The Hall–Kier alpha value is -1.33. The van der Waals surface area contributed by atoms with E-state index >= 15 is 0 Å². The average molecular weight is 272 g/mol. The normalized spacial score (nSPS) is 12.5. The second kappa shape index (κ2) is 6.56. The van der Waals surface area contributed by atoms with Gasteiger partial charge in [-0.25, -0.2) is 4.68 Å². The summed E-state index contributed by atoms with van der Waals surface area (Å²) in [6.07, 6.45) is 2.54. The van der Waals surface area contributed by atoms with Gasteiger partial charge in [-0.05, 0) is 5.92 Å². The first kappa shape index (κ1) is 14.7. The molecule has 0 saturated heterocycles. The molecule has 0 aliphatic rings. The molecule has 1 unspecified atom stereocenters. The molecule has 0 saturated carbocycles. The molecule has 0 amide bonds.